The van der Waals surface area contributed by atoms with E-state index in [4.69, 9.17) is 10.8 Å². The predicted octanol–water partition coefficient (Wildman–Crippen LogP) is -0.800. The van der Waals surface area contributed by atoms with Gasteiger partial charge in [0, 0.05) is 6.42 Å². The molecule has 0 saturated carbocycles. The first kappa shape index (κ1) is 29.8. The Bertz CT molecular complexity index is 1120. The van der Waals surface area contributed by atoms with Gasteiger partial charge in [0.15, 0.2) is 0 Å². The monoisotopic (exact) mass is 527 g/mol. The fraction of sp³-hybridized carbons (Fsp3) is 0.346. The number of hydrogen-bond donors (Lipinski definition) is 7. The first-order chi connectivity index (χ1) is 18.0. The Kier molecular flexibility index (Phi) is 11.2. The molecule has 2 aromatic rings. The number of aromatic hydroxyl groups is 1. The topological polar surface area (TPSA) is 200 Å². The van der Waals surface area contributed by atoms with Crippen LogP contribution in [0.2, 0.25) is 0 Å². The third-order valence-electron chi connectivity index (χ3n) is 5.56. The molecule has 4 unspecified atom stereocenters. The number of carbonyl (C=O) groups is 5. The summed E-state index contributed by atoms with van der Waals surface area (Å²) in [7, 11) is 0. The van der Waals surface area contributed by atoms with Gasteiger partial charge in [-0.25, -0.2) is 0 Å². The van der Waals surface area contributed by atoms with Crippen LogP contribution in [0.1, 0.15) is 25.0 Å². The van der Waals surface area contributed by atoms with Crippen LogP contribution in [0.25, 0.3) is 0 Å². The van der Waals surface area contributed by atoms with Gasteiger partial charge < -0.3 is 37.2 Å². The second-order valence-electron chi connectivity index (χ2n) is 8.80. The van der Waals surface area contributed by atoms with Gasteiger partial charge in [0.1, 0.15) is 30.4 Å². The summed E-state index contributed by atoms with van der Waals surface area (Å²) in [5, 5.41) is 28.0. The number of nitrogens with two attached hydrogens (primary N) is 1. The number of amides is 4. The van der Waals surface area contributed by atoms with Crippen LogP contribution in [-0.4, -0.2) is 70.5 Å². The quantitative estimate of drug-likeness (QED) is 0.175. The van der Waals surface area contributed by atoms with E-state index in [-0.39, 0.29) is 18.6 Å². The highest BCUT2D eigenvalue weighted by Gasteiger charge is 2.27. The summed E-state index contributed by atoms with van der Waals surface area (Å²) >= 11 is 0. The zero-order chi connectivity index (χ0) is 28.2. The summed E-state index contributed by atoms with van der Waals surface area (Å²) < 4.78 is 0. The number of aliphatic carboxylic acids is 1. The summed E-state index contributed by atoms with van der Waals surface area (Å²) in [6, 6.07) is 11.0. The maximum absolute atomic E-state index is 12.8. The minimum Gasteiger partial charge on any atom is -0.508 e. The number of benzene rings is 2. The number of carboxylic acid groups (broad SMARTS) is 1. The molecule has 0 bridgehead atoms. The Hall–Kier alpha value is -4.45. The van der Waals surface area contributed by atoms with Crippen LogP contribution in [0.3, 0.4) is 0 Å². The largest absolute Gasteiger partial charge is 0.508 e. The molecule has 0 fully saturated rings. The smallest absolute Gasteiger partial charge is 0.322 e. The molecule has 204 valence electrons. The Morgan fingerprint density at radius 2 is 1.26 bits per heavy atom. The average Bonchev–Trinajstić information content (AvgIpc) is 2.88. The number of hydrogen-bond acceptors (Lipinski definition) is 7. The standard InChI is InChI=1S/C26H33N5O7/c1-15(30-25(37)20(27)12-17-6-4-3-5-7-17)23(35)29-16(2)24(36)31-21(26(38)28-14-22(33)34)13-18-8-10-19(32)11-9-18/h3-11,15-16,20-21,32H,12-14,27H2,1-2H3,(H,28,38)(H,29,35)(H,30,37)(H,31,36)(H,33,34). The van der Waals surface area contributed by atoms with Gasteiger partial charge in [-0.2, -0.15) is 0 Å². The van der Waals surface area contributed by atoms with Crippen molar-refractivity contribution in [3.63, 3.8) is 0 Å². The highest BCUT2D eigenvalue weighted by molar-refractivity contribution is 5.95. The van der Waals surface area contributed by atoms with Crippen molar-refractivity contribution in [3.05, 3.63) is 65.7 Å². The van der Waals surface area contributed by atoms with Crippen molar-refractivity contribution in [1.29, 1.82) is 0 Å². The molecule has 0 radical (unpaired) electrons. The highest BCUT2D eigenvalue weighted by Crippen LogP contribution is 2.11. The minimum atomic E-state index is -1.26. The second kappa shape index (κ2) is 14.3. The van der Waals surface area contributed by atoms with Gasteiger partial charge in [0.2, 0.25) is 23.6 Å². The van der Waals surface area contributed by atoms with E-state index < -0.39 is 60.3 Å². The molecule has 0 aromatic heterocycles. The van der Waals surface area contributed by atoms with Crippen LogP contribution in [0, 0.1) is 0 Å². The third kappa shape index (κ3) is 9.90. The van der Waals surface area contributed by atoms with E-state index in [0.29, 0.717) is 5.56 Å². The van der Waals surface area contributed by atoms with Crippen molar-refractivity contribution >= 4 is 29.6 Å². The zero-order valence-corrected chi connectivity index (χ0v) is 21.1. The Labute approximate surface area is 220 Å². The van der Waals surface area contributed by atoms with Gasteiger partial charge in [0.05, 0.1) is 6.04 Å². The number of rotatable bonds is 13. The maximum Gasteiger partial charge on any atom is 0.322 e. The molecule has 0 aliphatic heterocycles. The third-order valence-corrected chi connectivity index (χ3v) is 5.56. The molecule has 0 saturated heterocycles. The molecule has 4 amide bonds. The first-order valence-electron chi connectivity index (χ1n) is 11.9. The summed E-state index contributed by atoms with van der Waals surface area (Å²) in [4.78, 5) is 61.1. The highest BCUT2D eigenvalue weighted by atomic mass is 16.4. The van der Waals surface area contributed by atoms with Gasteiger partial charge in [-0.1, -0.05) is 42.5 Å². The van der Waals surface area contributed by atoms with Crippen LogP contribution >= 0.6 is 0 Å². The van der Waals surface area contributed by atoms with Crippen molar-refractivity contribution in [2.75, 3.05) is 6.54 Å². The number of nitrogens with one attached hydrogen (secondary N) is 4. The number of phenolic OH excluding ortho intramolecular Hbond substituents is 1. The lowest BCUT2D eigenvalue weighted by Crippen LogP contribution is -2.57. The van der Waals surface area contributed by atoms with Gasteiger partial charge >= 0.3 is 5.97 Å². The molecule has 0 spiro atoms. The van der Waals surface area contributed by atoms with Crippen LogP contribution < -0.4 is 27.0 Å². The van der Waals surface area contributed by atoms with Gasteiger partial charge in [-0.15, -0.1) is 0 Å². The Morgan fingerprint density at radius 1 is 0.737 bits per heavy atom. The van der Waals surface area contributed by atoms with Gasteiger partial charge in [-0.05, 0) is 43.5 Å². The van der Waals surface area contributed by atoms with E-state index in [2.05, 4.69) is 21.3 Å². The van der Waals surface area contributed by atoms with E-state index in [1.54, 1.807) is 12.1 Å². The molecular weight excluding hydrogens is 494 g/mol. The lowest BCUT2D eigenvalue weighted by molar-refractivity contribution is -0.138. The van der Waals surface area contributed by atoms with Crippen molar-refractivity contribution in [2.24, 2.45) is 5.73 Å². The molecule has 0 aliphatic rings. The molecular formula is C26H33N5O7. The van der Waals surface area contributed by atoms with Crippen LogP contribution in [0.15, 0.2) is 54.6 Å². The summed E-state index contributed by atoms with van der Waals surface area (Å²) in [6.45, 7) is 2.20. The number of phenols is 1. The van der Waals surface area contributed by atoms with Gasteiger partial charge in [0.25, 0.3) is 0 Å². The van der Waals surface area contributed by atoms with E-state index in [1.165, 1.54) is 26.0 Å². The lowest BCUT2D eigenvalue weighted by Gasteiger charge is -2.23. The molecule has 2 rings (SSSR count). The van der Waals surface area contributed by atoms with E-state index in [0.717, 1.165) is 5.56 Å². The van der Waals surface area contributed by atoms with Crippen molar-refractivity contribution in [3.8, 4) is 5.75 Å². The Morgan fingerprint density at radius 3 is 1.84 bits per heavy atom. The lowest BCUT2D eigenvalue weighted by atomic mass is 10.0. The van der Waals surface area contributed by atoms with E-state index in [9.17, 15) is 29.1 Å². The molecule has 38 heavy (non-hydrogen) atoms. The van der Waals surface area contributed by atoms with Crippen LogP contribution in [-0.2, 0) is 36.8 Å². The van der Waals surface area contributed by atoms with E-state index >= 15 is 0 Å². The van der Waals surface area contributed by atoms with Crippen LogP contribution in [0.5, 0.6) is 5.75 Å². The second-order valence-corrected chi connectivity index (χ2v) is 8.80. The van der Waals surface area contributed by atoms with Crippen molar-refractivity contribution in [2.45, 2.75) is 50.9 Å². The first-order valence-corrected chi connectivity index (χ1v) is 11.9. The van der Waals surface area contributed by atoms with Crippen LogP contribution in [0.4, 0.5) is 0 Å². The fourth-order valence-corrected chi connectivity index (χ4v) is 3.41. The molecule has 12 nitrogen and oxygen atoms in total. The average molecular weight is 528 g/mol. The normalized spacial score (nSPS) is 13.8. The summed E-state index contributed by atoms with van der Waals surface area (Å²) in [5.74, 6) is -3.85. The Balaban J connectivity index is 1.94. The summed E-state index contributed by atoms with van der Waals surface area (Å²) in [6.07, 6.45) is 0.288. The van der Waals surface area contributed by atoms with Gasteiger partial charge in [-0.3, -0.25) is 24.0 Å². The zero-order valence-electron chi connectivity index (χ0n) is 21.1. The molecule has 0 heterocycles. The summed E-state index contributed by atoms with van der Waals surface area (Å²) in [5.41, 5.74) is 7.41. The van der Waals surface area contributed by atoms with Crippen molar-refractivity contribution < 1.29 is 34.2 Å². The van der Waals surface area contributed by atoms with E-state index in [1.807, 2.05) is 30.3 Å². The SMILES string of the molecule is CC(NC(=O)C(N)Cc1ccccc1)C(=O)NC(C)C(=O)NC(Cc1ccc(O)cc1)C(=O)NCC(=O)O. The number of carboxylic acids is 1. The molecule has 12 heteroatoms. The maximum atomic E-state index is 12.8. The number of carbonyl (C=O) groups excluding carboxylic acids is 4. The predicted molar refractivity (Wildman–Crippen MR) is 138 cm³/mol. The minimum absolute atomic E-state index is 0.00387. The molecule has 4 atom stereocenters. The fourth-order valence-electron chi connectivity index (χ4n) is 3.41. The molecule has 8 N–H and O–H groups in total. The van der Waals surface area contributed by atoms with Crippen molar-refractivity contribution in [1.82, 2.24) is 21.3 Å². The molecule has 0 aliphatic carbocycles. The molecule has 2 aromatic carbocycles.